The fraction of sp³-hybridized carbons (Fsp3) is 0.650. The topological polar surface area (TPSA) is 79.0 Å². The van der Waals surface area contributed by atoms with Gasteiger partial charge in [-0.3, -0.25) is 4.79 Å². The van der Waals surface area contributed by atoms with Gasteiger partial charge in [0.05, 0.1) is 18.1 Å². The SMILES string of the molecule is C[C@H]1CCCN(CCCNC(=O)c2ccc(S(=O)(=O)N3CCOCC3)cc2)C1. The zero-order valence-electron chi connectivity index (χ0n) is 16.6. The Morgan fingerprint density at radius 3 is 2.57 bits per heavy atom. The molecule has 0 aromatic heterocycles. The van der Waals surface area contributed by atoms with Crippen LogP contribution in [0.4, 0.5) is 0 Å². The number of piperidine rings is 1. The van der Waals surface area contributed by atoms with Gasteiger partial charge < -0.3 is 15.0 Å². The first kappa shape index (κ1) is 21.2. The highest BCUT2D eigenvalue weighted by Crippen LogP contribution is 2.18. The van der Waals surface area contributed by atoms with Crippen molar-refractivity contribution in [3.05, 3.63) is 29.8 Å². The van der Waals surface area contributed by atoms with Crippen LogP contribution in [0.1, 0.15) is 36.5 Å². The van der Waals surface area contributed by atoms with Crippen molar-refractivity contribution in [2.24, 2.45) is 5.92 Å². The van der Waals surface area contributed by atoms with E-state index in [0.717, 1.165) is 32.0 Å². The molecule has 1 aromatic carbocycles. The maximum Gasteiger partial charge on any atom is 0.251 e. The van der Waals surface area contributed by atoms with Crippen LogP contribution in [0.3, 0.4) is 0 Å². The van der Waals surface area contributed by atoms with Gasteiger partial charge >= 0.3 is 0 Å². The zero-order chi connectivity index (χ0) is 20.0. The minimum Gasteiger partial charge on any atom is -0.379 e. The Bertz CT molecular complexity index is 745. The first-order valence-corrected chi connectivity index (χ1v) is 11.6. The number of likely N-dealkylation sites (tertiary alicyclic amines) is 1. The summed E-state index contributed by atoms with van der Waals surface area (Å²) in [4.78, 5) is 15.0. The molecule has 2 fully saturated rings. The highest BCUT2D eigenvalue weighted by Gasteiger charge is 2.26. The van der Waals surface area contributed by atoms with Gasteiger partial charge in [0.2, 0.25) is 10.0 Å². The van der Waals surface area contributed by atoms with Gasteiger partial charge in [-0.25, -0.2) is 8.42 Å². The van der Waals surface area contributed by atoms with Gasteiger partial charge in [0, 0.05) is 31.7 Å². The molecule has 2 saturated heterocycles. The number of benzene rings is 1. The lowest BCUT2D eigenvalue weighted by molar-refractivity contribution is 0.0730. The van der Waals surface area contributed by atoms with Crippen LogP contribution < -0.4 is 5.32 Å². The number of carbonyl (C=O) groups is 1. The molecule has 2 aliphatic rings. The second kappa shape index (κ2) is 9.82. The van der Waals surface area contributed by atoms with Crippen molar-refractivity contribution in [2.75, 3.05) is 52.5 Å². The summed E-state index contributed by atoms with van der Waals surface area (Å²) in [7, 11) is -3.53. The molecule has 1 N–H and O–H groups in total. The lowest BCUT2D eigenvalue weighted by atomic mass is 10.0. The number of sulfonamides is 1. The van der Waals surface area contributed by atoms with Crippen LogP contribution in [-0.4, -0.2) is 76.0 Å². The molecule has 28 heavy (non-hydrogen) atoms. The Morgan fingerprint density at radius 2 is 1.89 bits per heavy atom. The number of hydrogen-bond acceptors (Lipinski definition) is 5. The summed E-state index contributed by atoms with van der Waals surface area (Å²) in [5, 5.41) is 2.93. The summed E-state index contributed by atoms with van der Waals surface area (Å²) in [6, 6.07) is 6.17. The van der Waals surface area contributed by atoms with Gasteiger partial charge in [0.25, 0.3) is 5.91 Å². The van der Waals surface area contributed by atoms with Gasteiger partial charge in [-0.15, -0.1) is 0 Å². The normalized spacial score (nSPS) is 22.1. The number of amides is 1. The van der Waals surface area contributed by atoms with Gasteiger partial charge in [-0.1, -0.05) is 6.92 Å². The van der Waals surface area contributed by atoms with Crippen molar-refractivity contribution in [1.29, 1.82) is 0 Å². The number of morpholine rings is 1. The molecular weight excluding hydrogens is 378 g/mol. The third kappa shape index (κ3) is 5.53. The average molecular weight is 410 g/mol. The molecule has 7 nitrogen and oxygen atoms in total. The standard InChI is InChI=1S/C20H31N3O4S/c1-17-4-2-10-22(16-17)11-3-9-21-20(24)18-5-7-19(8-6-18)28(25,26)23-12-14-27-15-13-23/h5-8,17H,2-4,9-16H2,1H3,(H,21,24)/t17-/m0/s1. The molecule has 0 unspecified atom stereocenters. The molecule has 0 aliphatic carbocycles. The molecule has 1 atom stereocenters. The fourth-order valence-electron chi connectivity index (χ4n) is 3.81. The third-order valence-electron chi connectivity index (χ3n) is 5.40. The summed E-state index contributed by atoms with van der Waals surface area (Å²) < 4.78 is 31.9. The first-order chi connectivity index (χ1) is 13.5. The second-order valence-corrected chi connectivity index (χ2v) is 9.64. The van der Waals surface area contributed by atoms with Crippen molar-refractivity contribution in [3.8, 4) is 0 Å². The molecule has 0 bridgehead atoms. The third-order valence-corrected chi connectivity index (χ3v) is 7.32. The maximum atomic E-state index is 12.6. The van der Waals surface area contributed by atoms with E-state index in [1.54, 1.807) is 12.1 Å². The van der Waals surface area contributed by atoms with Crippen LogP contribution in [0, 0.1) is 5.92 Å². The zero-order valence-corrected chi connectivity index (χ0v) is 17.4. The van der Waals surface area contributed by atoms with Gasteiger partial charge in [0.15, 0.2) is 0 Å². The molecule has 1 aromatic rings. The van der Waals surface area contributed by atoms with E-state index in [1.807, 2.05) is 0 Å². The fourth-order valence-corrected chi connectivity index (χ4v) is 5.22. The molecule has 156 valence electrons. The van der Waals surface area contributed by atoms with E-state index in [4.69, 9.17) is 4.74 Å². The van der Waals surface area contributed by atoms with Crippen LogP contribution in [0.15, 0.2) is 29.2 Å². The highest BCUT2D eigenvalue weighted by molar-refractivity contribution is 7.89. The van der Waals surface area contributed by atoms with E-state index in [9.17, 15) is 13.2 Å². The van der Waals surface area contributed by atoms with Crippen LogP contribution >= 0.6 is 0 Å². The summed E-state index contributed by atoms with van der Waals surface area (Å²) in [5.41, 5.74) is 0.479. The molecule has 1 amide bonds. The summed E-state index contributed by atoms with van der Waals surface area (Å²) in [5.74, 6) is 0.595. The van der Waals surface area contributed by atoms with Crippen LogP contribution in [0.25, 0.3) is 0 Å². The molecule has 2 aliphatic heterocycles. The van der Waals surface area contributed by atoms with Crippen molar-refractivity contribution >= 4 is 15.9 Å². The minimum absolute atomic E-state index is 0.165. The smallest absolute Gasteiger partial charge is 0.251 e. The Kier molecular flexibility index (Phi) is 7.45. The molecule has 0 spiro atoms. The van der Waals surface area contributed by atoms with Crippen LogP contribution in [0.5, 0.6) is 0 Å². The largest absolute Gasteiger partial charge is 0.379 e. The number of nitrogens with zero attached hydrogens (tertiary/aromatic N) is 2. The van der Waals surface area contributed by atoms with E-state index >= 15 is 0 Å². The number of hydrogen-bond donors (Lipinski definition) is 1. The number of rotatable bonds is 7. The Hall–Kier alpha value is -1.48. The Balaban J connectivity index is 1.47. The average Bonchev–Trinajstić information content (AvgIpc) is 2.72. The predicted octanol–water partition coefficient (Wildman–Crippen LogP) is 1.56. The highest BCUT2D eigenvalue weighted by atomic mass is 32.2. The summed E-state index contributed by atoms with van der Waals surface area (Å²) in [6.45, 7) is 7.76. The van der Waals surface area contributed by atoms with E-state index in [-0.39, 0.29) is 10.8 Å². The summed E-state index contributed by atoms with van der Waals surface area (Å²) in [6.07, 6.45) is 3.49. The number of carbonyl (C=O) groups excluding carboxylic acids is 1. The maximum absolute atomic E-state index is 12.6. The van der Waals surface area contributed by atoms with Crippen molar-refractivity contribution in [3.63, 3.8) is 0 Å². The van der Waals surface area contributed by atoms with Crippen molar-refractivity contribution in [2.45, 2.75) is 31.1 Å². The van der Waals surface area contributed by atoms with Gasteiger partial charge in [-0.05, 0) is 62.5 Å². The molecule has 3 rings (SSSR count). The number of ether oxygens (including phenoxy) is 1. The molecule has 8 heteroatoms. The van der Waals surface area contributed by atoms with Crippen LogP contribution in [0.2, 0.25) is 0 Å². The van der Waals surface area contributed by atoms with Crippen LogP contribution in [-0.2, 0) is 14.8 Å². The molecule has 0 saturated carbocycles. The van der Waals surface area contributed by atoms with Gasteiger partial charge in [-0.2, -0.15) is 4.31 Å². The van der Waals surface area contributed by atoms with E-state index < -0.39 is 10.0 Å². The van der Waals surface area contributed by atoms with Gasteiger partial charge in [0.1, 0.15) is 0 Å². The lowest BCUT2D eigenvalue weighted by Gasteiger charge is -2.30. The minimum atomic E-state index is -3.53. The molecule has 0 radical (unpaired) electrons. The Morgan fingerprint density at radius 1 is 1.18 bits per heavy atom. The van der Waals surface area contributed by atoms with E-state index in [1.165, 1.54) is 29.3 Å². The molecular formula is C20H31N3O4S. The summed E-state index contributed by atoms with van der Waals surface area (Å²) >= 11 is 0. The molecule has 2 heterocycles. The lowest BCUT2D eigenvalue weighted by Crippen LogP contribution is -2.40. The second-order valence-electron chi connectivity index (χ2n) is 7.70. The first-order valence-electron chi connectivity index (χ1n) is 10.2. The Labute approximate surface area is 168 Å². The quantitative estimate of drug-likeness (QED) is 0.692. The van der Waals surface area contributed by atoms with E-state index in [0.29, 0.717) is 38.4 Å². The number of nitrogens with one attached hydrogen (secondary N) is 1. The monoisotopic (exact) mass is 409 g/mol. The van der Waals surface area contributed by atoms with E-state index in [2.05, 4.69) is 17.1 Å². The van der Waals surface area contributed by atoms with Crippen molar-refractivity contribution < 1.29 is 17.9 Å². The predicted molar refractivity (Wildman–Crippen MR) is 108 cm³/mol. The van der Waals surface area contributed by atoms with Crippen molar-refractivity contribution in [1.82, 2.24) is 14.5 Å².